The van der Waals surface area contributed by atoms with Gasteiger partial charge in [0.1, 0.15) is 5.75 Å². The quantitative estimate of drug-likeness (QED) is 0.897. The SMILES string of the molecule is COc1cccc(C(CN)N2CCCC(C)(OC)C2)c1. The molecule has 1 aromatic rings. The second kappa shape index (κ2) is 6.57. The highest BCUT2D eigenvalue weighted by Gasteiger charge is 2.34. The molecule has 1 aromatic carbocycles. The topological polar surface area (TPSA) is 47.7 Å². The Kier molecular flexibility index (Phi) is 5.02. The number of nitrogens with two attached hydrogens (primary N) is 1. The molecule has 0 saturated carbocycles. The lowest BCUT2D eigenvalue weighted by atomic mass is 9.92. The maximum atomic E-state index is 6.03. The van der Waals surface area contributed by atoms with Crippen LogP contribution in [0.15, 0.2) is 24.3 Å². The summed E-state index contributed by atoms with van der Waals surface area (Å²) in [6, 6.07) is 8.41. The van der Waals surface area contributed by atoms with Crippen LogP contribution in [0.3, 0.4) is 0 Å². The van der Waals surface area contributed by atoms with E-state index in [0.29, 0.717) is 6.54 Å². The highest BCUT2D eigenvalue weighted by atomic mass is 16.5. The van der Waals surface area contributed by atoms with Crippen LogP contribution in [0.25, 0.3) is 0 Å². The van der Waals surface area contributed by atoms with Crippen molar-refractivity contribution in [1.82, 2.24) is 4.90 Å². The molecule has 20 heavy (non-hydrogen) atoms. The third-order valence-corrected chi connectivity index (χ3v) is 4.32. The van der Waals surface area contributed by atoms with Crippen molar-refractivity contribution >= 4 is 0 Å². The van der Waals surface area contributed by atoms with Crippen molar-refractivity contribution < 1.29 is 9.47 Å². The number of piperidine rings is 1. The van der Waals surface area contributed by atoms with Crippen LogP contribution in [-0.2, 0) is 4.74 Å². The first-order chi connectivity index (χ1) is 9.61. The molecular formula is C16H26N2O2. The zero-order valence-electron chi connectivity index (χ0n) is 12.8. The average molecular weight is 278 g/mol. The van der Waals surface area contributed by atoms with Crippen molar-refractivity contribution in [1.29, 1.82) is 0 Å². The highest BCUT2D eigenvalue weighted by molar-refractivity contribution is 5.31. The summed E-state index contributed by atoms with van der Waals surface area (Å²) in [6.07, 6.45) is 2.25. The van der Waals surface area contributed by atoms with E-state index in [0.717, 1.165) is 31.7 Å². The van der Waals surface area contributed by atoms with Gasteiger partial charge in [-0.2, -0.15) is 0 Å². The Morgan fingerprint density at radius 1 is 1.40 bits per heavy atom. The van der Waals surface area contributed by atoms with Crippen LogP contribution in [0.2, 0.25) is 0 Å². The Morgan fingerprint density at radius 2 is 2.20 bits per heavy atom. The van der Waals surface area contributed by atoms with Gasteiger partial charge in [0.2, 0.25) is 0 Å². The van der Waals surface area contributed by atoms with Crippen LogP contribution in [0.1, 0.15) is 31.4 Å². The van der Waals surface area contributed by atoms with Crippen molar-refractivity contribution in [2.45, 2.75) is 31.4 Å². The fourth-order valence-electron chi connectivity index (χ4n) is 3.02. The molecule has 2 N–H and O–H groups in total. The molecule has 0 amide bonds. The summed E-state index contributed by atoms with van der Waals surface area (Å²) in [7, 11) is 3.49. The molecule has 0 aliphatic carbocycles. The molecule has 1 aliphatic rings. The molecule has 1 aliphatic heterocycles. The van der Waals surface area contributed by atoms with E-state index < -0.39 is 0 Å². The minimum Gasteiger partial charge on any atom is -0.497 e. The van der Waals surface area contributed by atoms with Crippen molar-refractivity contribution in [3.05, 3.63) is 29.8 Å². The van der Waals surface area contributed by atoms with Gasteiger partial charge in [-0.1, -0.05) is 12.1 Å². The molecule has 0 spiro atoms. The number of likely N-dealkylation sites (tertiary alicyclic amines) is 1. The maximum absolute atomic E-state index is 6.03. The van der Waals surface area contributed by atoms with E-state index in [1.54, 1.807) is 14.2 Å². The molecule has 0 radical (unpaired) electrons. The molecular weight excluding hydrogens is 252 g/mol. The molecule has 2 unspecified atom stereocenters. The minimum atomic E-state index is -0.0649. The number of methoxy groups -OCH3 is 2. The number of hydrogen-bond acceptors (Lipinski definition) is 4. The van der Waals surface area contributed by atoms with Crippen molar-refractivity contribution in [2.75, 3.05) is 33.9 Å². The molecule has 1 fully saturated rings. The lowest BCUT2D eigenvalue weighted by Crippen LogP contribution is -2.49. The van der Waals surface area contributed by atoms with Crippen LogP contribution in [0.5, 0.6) is 5.75 Å². The lowest BCUT2D eigenvalue weighted by molar-refractivity contribution is -0.0608. The number of nitrogens with zero attached hydrogens (tertiary/aromatic N) is 1. The summed E-state index contributed by atoms with van der Waals surface area (Å²) < 4.78 is 11.0. The zero-order chi connectivity index (χ0) is 14.6. The van der Waals surface area contributed by atoms with E-state index >= 15 is 0 Å². The van der Waals surface area contributed by atoms with E-state index in [9.17, 15) is 0 Å². The third-order valence-electron chi connectivity index (χ3n) is 4.32. The van der Waals surface area contributed by atoms with Gasteiger partial charge in [-0.05, 0) is 44.0 Å². The van der Waals surface area contributed by atoms with Gasteiger partial charge >= 0.3 is 0 Å². The smallest absolute Gasteiger partial charge is 0.119 e. The predicted octanol–water partition coefficient (Wildman–Crippen LogP) is 2.20. The fraction of sp³-hybridized carbons (Fsp3) is 0.625. The summed E-state index contributed by atoms with van der Waals surface area (Å²) in [5.41, 5.74) is 7.18. The van der Waals surface area contributed by atoms with E-state index in [1.165, 1.54) is 5.56 Å². The maximum Gasteiger partial charge on any atom is 0.119 e. The number of rotatable bonds is 5. The van der Waals surface area contributed by atoms with Crippen LogP contribution in [-0.4, -0.2) is 44.4 Å². The van der Waals surface area contributed by atoms with Gasteiger partial charge in [-0.3, -0.25) is 4.90 Å². The normalized spacial score (nSPS) is 25.4. The van der Waals surface area contributed by atoms with Gasteiger partial charge in [0.05, 0.1) is 12.7 Å². The summed E-state index contributed by atoms with van der Waals surface area (Å²) >= 11 is 0. The number of hydrogen-bond donors (Lipinski definition) is 1. The van der Waals surface area contributed by atoms with Crippen LogP contribution in [0.4, 0.5) is 0 Å². The monoisotopic (exact) mass is 278 g/mol. The molecule has 112 valence electrons. The van der Waals surface area contributed by atoms with Crippen LogP contribution in [0, 0.1) is 0 Å². The highest BCUT2D eigenvalue weighted by Crippen LogP contribution is 2.31. The van der Waals surface area contributed by atoms with Gasteiger partial charge in [0.15, 0.2) is 0 Å². The Hall–Kier alpha value is -1.10. The lowest BCUT2D eigenvalue weighted by Gasteiger charge is -2.43. The van der Waals surface area contributed by atoms with E-state index in [-0.39, 0.29) is 11.6 Å². The zero-order valence-corrected chi connectivity index (χ0v) is 12.8. The summed E-state index contributed by atoms with van der Waals surface area (Å²) in [4.78, 5) is 2.43. The van der Waals surface area contributed by atoms with E-state index in [4.69, 9.17) is 15.2 Å². The standard InChI is InChI=1S/C16H26N2O2/c1-16(20-3)8-5-9-18(12-16)15(11-17)13-6-4-7-14(10-13)19-2/h4,6-7,10,15H,5,8-9,11-12,17H2,1-3H3. The second-order valence-electron chi connectivity index (χ2n) is 5.76. The summed E-state index contributed by atoms with van der Waals surface area (Å²) in [5, 5.41) is 0. The van der Waals surface area contributed by atoms with Gasteiger partial charge in [-0.25, -0.2) is 0 Å². The van der Waals surface area contributed by atoms with E-state index in [1.807, 2.05) is 12.1 Å². The Labute approximate surface area is 121 Å². The van der Waals surface area contributed by atoms with Crippen molar-refractivity contribution in [2.24, 2.45) is 5.73 Å². The molecule has 1 saturated heterocycles. The first-order valence-corrected chi connectivity index (χ1v) is 7.25. The summed E-state index contributed by atoms with van der Waals surface area (Å²) in [5.74, 6) is 0.882. The Balaban J connectivity index is 2.18. The largest absolute Gasteiger partial charge is 0.497 e. The predicted molar refractivity (Wildman–Crippen MR) is 81.0 cm³/mol. The van der Waals surface area contributed by atoms with Crippen molar-refractivity contribution in [3.63, 3.8) is 0 Å². The number of benzene rings is 1. The van der Waals surface area contributed by atoms with Gasteiger partial charge in [0, 0.05) is 26.2 Å². The first kappa shape index (κ1) is 15.3. The average Bonchev–Trinajstić information content (AvgIpc) is 2.48. The van der Waals surface area contributed by atoms with Crippen LogP contribution >= 0.6 is 0 Å². The molecule has 1 heterocycles. The first-order valence-electron chi connectivity index (χ1n) is 7.25. The van der Waals surface area contributed by atoms with E-state index in [2.05, 4.69) is 24.0 Å². The molecule has 4 nitrogen and oxygen atoms in total. The van der Waals surface area contributed by atoms with Gasteiger partial charge < -0.3 is 15.2 Å². The van der Waals surface area contributed by atoms with Gasteiger partial charge in [-0.15, -0.1) is 0 Å². The van der Waals surface area contributed by atoms with Crippen LogP contribution < -0.4 is 10.5 Å². The number of ether oxygens (including phenoxy) is 2. The Morgan fingerprint density at radius 3 is 2.85 bits per heavy atom. The molecule has 2 rings (SSSR count). The molecule has 4 heteroatoms. The Bertz CT molecular complexity index is 438. The van der Waals surface area contributed by atoms with Gasteiger partial charge in [0.25, 0.3) is 0 Å². The third kappa shape index (κ3) is 3.32. The molecule has 0 aromatic heterocycles. The van der Waals surface area contributed by atoms with Crippen molar-refractivity contribution in [3.8, 4) is 5.75 Å². The second-order valence-corrected chi connectivity index (χ2v) is 5.76. The molecule has 2 atom stereocenters. The fourth-order valence-corrected chi connectivity index (χ4v) is 3.02. The minimum absolute atomic E-state index is 0.0649. The summed E-state index contributed by atoms with van der Waals surface area (Å²) in [6.45, 7) is 4.77. The molecule has 0 bridgehead atoms.